The lowest BCUT2D eigenvalue weighted by Crippen LogP contribution is -2.49. The minimum atomic E-state index is 0.664. The molecule has 1 aliphatic heterocycles. The lowest BCUT2D eigenvalue weighted by molar-refractivity contribution is 0.177. The highest BCUT2D eigenvalue weighted by molar-refractivity contribution is 7.80. The highest BCUT2D eigenvalue weighted by atomic mass is 35.5. The van der Waals surface area contributed by atoms with Gasteiger partial charge in [0.15, 0.2) is 5.11 Å². The summed E-state index contributed by atoms with van der Waals surface area (Å²) in [5, 5.41) is 6.02. The predicted octanol–water partition coefficient (Wildman–Crippen LogP) is 5.16. The molecule has 0 saturated carbocycles. The van der Waals surface area contributed by atoms with Gasteiger partial charge in [0, 0.05) is 48.3 Å². The van der Waals surface area contributed by atoms with Crippen LogP contribution in [0.5, 0.6) is 0 Å². The molecule has 0 amide bonds. The van der Waals surface area contributed by atoms with E-state index in [1.165, 1.54) is 0 Å². The van der Waals surface area contributed by atoms with Crippen LogP contribution in [0.2, 0.25) is 15.1 Å². The Hall–Kier alpha value is -1.04. The van der Waals surface area contributed by atoms with E-state index >= 15 is 0 Å². The molecule has 1 aliphatic rings. The summed E-state index contributed by atoms with van der Waals surface area (Å²) in [6.45, 7) is 4.23. The van der Waals surface area contributed by atoms with Gasteiger partial charge in [-0.3, -0.25) is 4.90 Å². The number of nitrogens with zero attached hydrogens (tertiary/aromatic N) is 2. The van der Waals surface area contributed by atoms with Crippen molar-refractivity contribution >= 4 is 57.8 Å². The number of benzene rings is 2. The smallest absolute Gasteiger partial charge is 0.173 e. The van der Waals surface area contributed by atoms with Crippen molar-refractivity contribution in [2.45, 2.75) is 6.54 Å². The number of hydrogen-bond donors (Lipinski definition) is 1. The van der Waals surface area contributed by atoms with Crippen molar-refractivity contribution in [2.24, 2.45) is 0 Å². The third-order valence-corrected chi connectivity index (χ3v) is 5.62. The number of halogens is 3. The average molecular weight is 415 g/mol. The van der Waals surface area contributed by atoms with Crippen molar-refractivity contribution in [2.75, 3.05) is 31.5 Å². The molecule has 132 valence electrons. The average Bonchev–Trinajstić information content (AvgIpc) is 2.61. The second-order valence-electron chi connectivity index (χ2n) is 5.87. The number of para-hydroxylation sites is 1. The molecule has 2 aromatic carbocycles. The van der Waals surface area contributed by atoms with Gasteiger partial charge in [0.05, 0.1) is 10.7 Å². The Bertz CT molecular complexity index is 741. The molecule has 3 rings (SSSR count). The Morgan fingerprint density at radius 1 is 0.880 bits per heavy atom. The largest absolute Gasteiger partial charge is 0.346 e. The molecule has 25 heavy (non-hydrogen) atoms. The van der Waals surface area contributed by atoms with Crippen LogP contribution in [-0.2, 0) is 6.54 Å². The van der Waals surface area contributed by atoms with Gasteiger partial charge < -0.3 is 10.2 Å². The van der Waals surface area contributed by atoms with Crippen molar-refractivity contribution in [3.05, 3.63) is 63.1 Å². The lowest BCUT2D eigenvalue weighted by Gasteiger charge is -2.36. The van der Waals surface area contributed by atoms with Crippen LogP contribution in [0.25, 0.3) is 0 Å². The molecule has 0 aromatic heterocycles. The van der Waals surface area contributed by atoms with Gasteiger partial charge in [-0.2, -0.15) is 0 Å². The van der Waals surface area contributed by atoms with Crippen LogP contribution in [0.15, 0.2) is 42.5 Å². The summed E-state index contributed by atoms with van der Waals surface area (Å²) >= 11 is 24.2. The first-order valence-electron chi connectivity index (χ1n) is 8.00. The molecule has 1 saturated heterocycles. The van der Waals surface area contributed by atoms with Gasteiger partial charge in [-0.15, -0.1) is 0 Å². The second-order valence-corrected chi connectivity index (χ2v) is 7.48. The SMILES string of the molecule is S=C(Nc1ccccc1Cl)N1CCN(Cc2c(Cl)cccc2Cl)CC1. The van der Waals surface area contributed by atoms with Gasteiger partial charge in [0.2, 0.25) is 0 Å². The standard InChI is InChI=1S/C18H18Cl3N3S/c19-14-5-3-6-15(20)13(14)12-23-8-10-24(11-9-23)18(25)22-17-7-2-1-4-16(17)21/h1-7H,8-12H2,(H,22,25). The first-order valence-corrected chi connectivity index (χ1v) is 9.54. The van der Waals surface area contributed by atoms with E-state index in [9.17, 15) is 0 Å². The molecule has 3 nitrogen and oxygen atoms in total. The molecule has 2 aromatic rings. The van der Waals surface area contributed by atoms with Gasteiger partial charge >= 0.3 is 0 Å². The van der Waals surface area contributed by atoms with Crippen LogP contribution in [0.1, 0.15) is 5.56 Å². The fourth-order valence-corrected chi connectivity index (χ4v) is 3.77. The van der Waals surface area contributed by atoms with E-state index in [0.717, 1.165) is 44.0 Å². The molecular weight excluding hydrogens is 397 g/mol. The van der Waals surface area contributed by atoms with Crippen LogP contribution < -0.4 is 5.32 Å². The maximum absolute atomic E-state index is 6.27. The molecule has 0 aliphatic carbocycles. The van der Waals surface area contributed by atoms with Crippen molar-refractivity contribution in [3.8, 4) is 0 Å². The summed E-state index contributed by atoms with van der Waals surface area (Å²) in [6, 6.07) is 13.2. The Morgan fingerprint density at radius 3 is 2.12 bits per heavy atom. The van der Waals surface area contributed by atoms with Crippen molar-refractivity contribution in [1.29, 1.82) is 0 Å². The van der Waals surface area contributed by atoms with E-state index in [2.05, 4.69) is 15.1 Å². The zero-order chi connectivity index (χ0) is 17.8. The minimum absolute atomic E-state index is 0.664. The third kappa shape index (κ3) is 4.78. The summed E-state index contributed by atoms with van der Waals surface area (Å²) in [4.78, 5) is 4.49. The van der Waals surface area contributed by atoms with Crippen molar-refractivity contribution in [3.63, 3.8) is 0 Å². The monoisotopic (exact) mass is 413 g/mol. The first-order chi connectivity index (χ1) is 12.0. The summed E-state index contributed by atoms with van der Waals surface area (Å²) in [5.41, 5.74) is 1.82. The zero-order valence-corrected chi connectivity index (χ0v) is 16.6. The van der Waals surface area contributed by atoms with Crippen molar-refractivity contribution < 1.29 is 0 Å². The Balaban J connectivity index is 1.55. The zero-order valence-electron chi connectivity index (χ0n) is 13.5. The van der Waals surface area contributed by atoms with Gasteiger partial charge in [-0.1, -0.05) is 53.0 Å². The molecule has 7 heteroatoms. The lowest BCUT2D eigenvalue weighted by atomic mass is 10.2. The van der Waals surface area contributed by atoms with Gasteiger partial charge in [0.25, 0.3) is 0 Å². The van der Waals surface area contributed by atoms with E-state index in [1.807, 2.05) is 42.5 Å². The van der Waals surface area contributed by atoms with E-state index < -0.39 is 0 Å². The number of piperazine rings is 1. The van der Waals surface area contributed by atoms with E-state index in [0.29, 0.717) is 20.2 Å². The fraction of sp³-hybridized carbons (Fsp3) is 0.278. The molecule has 0 spiro atoms. The first kappa shape index (κ1) is 18.7. The second kappa shape index (κ2) is 8.56. The maximum Gasteiger partial charge on any atom is 0.173 e. The van der Waals surface area contributed by atoms with Crippen LogP contribution >= 0.6 is 47.0 Å². The predicted molar refractivity (Wildman–Crippen MR) is 111 cm³/mol. The molecule has 0 radical (unpaired) electrons. The molecule has 1 fully saturated rings. The Labute approximate surface area is 168 Å². The van der Waals surface area contributed by atoms with E-state index in [4.69, 9.17) is 47.0 Å². The summed E-state index contributed by atoms with van der Waals surface area (Å²) in [5.74, 6) is 0. The Kier molecular flexibility index (Phi) is 6.42. The summed E-state index contributed by atoms with van der Waals surface area (Å²) < 4.78 is 0. The molecule has 0 atom stereocenters. The molecule has 0 unspecified atom stereocenters. The van der Waals surface area contributed by atoms with Gasteiger partial charge in [-0.25, -0.2) is 0 Å². The summed E-state index contributed by atoms with van der Waals surface area (Å²) in [7, 11) is 0. The Morgan fingerprint density at radius 2 is 1.48 bits per heavy atom. The molecule has 0 bridgehead atoms. The fourth-order valence-electron chi connectivity index (χ4n) is 2.77. The number of hydrogen-bond acceptors (Lipinski definition) is 2. The van der Waals surface area contributed by atoms with E-state index in [1.54, 1.807) is 0 Å². The molecule has 1 heterocycles. The van der Waals surface area contributed by atoms with Crippen LogP contribution in [0.3, 0.4) is 0 Å². The van der Waals surface area contributed by atoms with E-state index in [-0.39, 0.29) is 0 Å². The van der Waals surface area contributed by atoms with Crippen LogP contribution in [0.4, 0.5) is 5.69 Å². The van der Waals surface area contributed by atoms with Crippen LogP contribution in [-0.4, -0.2) is 41.1 Å². The molecule has 1 N–H and O–H groups in total. The quantitative estimate of drug-likeness (QED) is 0.699. The third-order valence-electron chi connectivity index (χ3n) is 4.22. The maximum atomic E-state index is 6.27. The van der Waals surface area contributed by atoms with Crippen LogP contribution in [0, 0.1) is 0 Å². The number of rotatable bonds is 3. The number of thiocarbonyl (C=S) groups is 1. The summed E-state index contributed by atoms with van der Waals surface area (Å²) in [6.07, 6.45) is 0. The van der Waals surface area contributed by atoms with Gasteiger partial charge in [0.1, 0.15) is 0 Å². The number of nitrogens with one attached hydrogen (secondary N) is 1. The minimum Gasteiger partial charge on any atom is -0.346 e. The molecular formula is C18H18Cl3N3S. The highest BCUT2D eigenvalue weighted by Gasteiger charge is 2.20. The van der Waals surface area contributed by atoms with Crippen molar-refractivity contribution in [1.82, 2.24) is 9.80 Å². The number of anilines is 1. The van der Waals surface area contributed by atoms with Gasteiger partial charge in [-0.05, 0) is 36.5 Å². The highest BCUT2D eigenvalue weighted by Crippen LogP contribution is 2.26. The normalized spacial score (nSPS) is 15.2. The topological polar surface area (TPSA) is 18.5 Å².